The summed E-state index contributed by atoms with van der Waals surface area (Å²) < 4.78 is 5.37. The number of fused-ring (bicyclic) bond motifs is 1. The Morgan fingerprint density at radius 3 is 3.19 bits per heavy atom. The van der Waals surface area contributed by atoms with Crippen LogP contribution < -0.4 is 5.32 Å². The Balaban J connectivity index is 1.61. The molecule has 1 N–H and O–H groups in total. The third-order valence-corrected chi connectivity index (χ3v) is 4.06. The number of anilines is 1. The number of carbonyl (C=O) groups excluding carboxylic acids is 1. The fraction of sp³-hybridized carbons (Fsp3) is 0.385. The van der Waals surface area contributed by atoms with Gasteiger partial charge in [-0.1, -0.05) is 11.3 Å². The molecule has 2 amide bonds. The van der Waals surface area contributed by atoms with Crippen molar-refractivity contribution in [2.45, 2.75) is 19.6 Å². The third kappa shape index (κ3) is 3.34. The van der Waals surface area contributed by atoms with Crippen LogP contribution in [0, 0.1) is 0 Å². The van der Waals surface area contributed by atoms with E-state index in [9.17, 15) is 4.79 Å². The first kappa shape index (κ1) is 13.9. The Morgan fingerprint density at radius 2 is 2.43 bits per heavy atom. The standard InChI is InChI=1S/C13H15N5O2S/c1-18(7-9-6-14-3-4-15-9)13(19)17-12-16-10-2-5-20-8-11(10)21-12/h3-4,6H,2,5,7-8H2,1H3,(H,16,17,19). The Kier molecular flexibility index (Phi) is 4.07. The second-order valence-corrected chi connectivity index (χ2v) is 5.76. The SMILES string of the molecule is CN(Cc1cnccn1)C(=O)Nc1nc2c(s1)COCC2. The Bertz CT molecular complexity index is 607. The zero-order chi connectivity index (χ0) is 14.7. The van der Waals surface area contributed by atoms with Gasteiger partial charge in [0.05, 0.1) is 42.2 Å². The number of urea groups is 1. The van der Waals surface area contributed by atoms with Crippen molar-refractivity contribution in [1.29, 1.82) is 0 Å². The first-order valence-corrected chi connectivity index (χ1v) is 7.37. The molecule has 0 radical (unpaired) electrons. The topological polar surface area (TPSA) is 80.2 Å². The summed E-state index contributed by atoms with van der Waals surface area (Å²) in [5.41, 5.74) is 1.76. The van der Waals surface area contributed by atoms with Crippen LogP contribution in [-0.2, 0) is 24.3 Å². The van der Waals surface area contributed by atoms with Gasteiger partial charge in [-0.3, -0.25) is 15.3 Å². The van der Waals surface area contributed by atoms with Crippen LogP contribution in [0.25, 0.3) is 0 Å². The van der Waals surface area contributed by atoms with Gasteiger partial charge in [0.15, 0.2) is 5.13 Å². The number of aromatic nitrogens is 3. The van der Waals surface area contributed by atoms with Crippen LogP contribution in [0.15, 0.2) is 18.6 Å². The molecule has 1 aliphatic rings. The molecular weight excluding hydrogens is 290 g/mol. The maximum absolute atomic E-state index is 12.1. The molecule has 7 nitrogen and oxygen atoms in total. The van der Waals surface area contributed by atoms with Crippen molar-refractivity contribution in [3.8, 4) is 0 Å². The molecule has 0 fully saturated rings. The molecule has 0 atom stereocenters. The van der Waals surface area contributed by atoms with Gasteiger partial charge in [-0.25, -0.2) is 9.78 Å². The van der Waals surface area contributed by atoms with E-state index >= 15 is 0 Å². The lowest BCUT2D eigenvalue weighted by atomic mass is 10.2. The van der Waals surface area contributed by atoms with Gasteiger partial charge in [0.2, 0.25) is 0 Å². The number of hydrogen-bond acceptors (Lipinski definition) is 6. The van der Waals surface area contributed by atoms with Crippen molar-refractivity contribution < 1.29 is 9.53 Å². The van der Waals surface area contributed by atoms with Crippen molar-refractivity contribution in [2.24, 2.45) is 0 Å². The number of amides is 2. The lowest BCUT2D eigenvalue weighted by Gasteiger charge is -2.16. The molecule has 0 bridgehead atoms. The zero-order valence-corrected chi connectivity index (χ0v) is 12.4. The highest BCUT2D eigenvalue weighted by molar-refractivity contribution is 7.15. The average molecular weight is 305 g/mol. The first-order chi connectivity index (χ1) is 10.2. The molecule has 0 spiro atoms. The Morgan fingerprint density at radius 1 is 1.52 bits per heavy atom. The Hall–Kier alpha value is -2.06. The van der Waals surface area contributed by atoms with Crippen LogP contribution in [0.4, 0.5) is 9.93 Å². The van der Waals surface area contributed by atoms with E-state index < -0.39 is 0 Å². The van der Waals surface area contributed by atoms with E-state index in [2.05, 4.69) is 20.3 Å². The fourth-order valence-corrected chi connectivity index (χ4v) is 2.93. The van der Waals surface area contributed by atoms with Gasteiger partial charge < -0.3 is 9.64 Å². The van der Waals surface area contributed by atoms with Crippen LogP contribution in [0.5, 0.6) is 0 Å². The molecule has 8 heteroatoms. The van der Waals surface area contributed by atoms with E-state index in [1.165, 1.54) is 11.3 Å². The number of carbonyl (C=O) groups is 1. The molecule has 0 saturated carbocycles. The van der Waals surface area contributed by atoms with Gasteiger partial charge in [-0.2, -0.15) is 0 Å². The summed E-state index contributed by atoms with van der Waals surface area (Å²) in [5, 5.41) is 3.42. The van der Waals surface area contributed by atoms with Crippen molar-refractivity contribution in [3.63, 3.8) is 0 Å². The highest BCUT2D eigenvalue weighted by atomic mass is 32.1. The largest absolute Gasteiger partial charge is 0.375 e. The molecule has 3 heterocycles. The number of nitrogens with zero attached hydrogens (tertiary/aromatic N) is 4. The zero-order valence-electron chi connectivity index (χ0n) is 11.6. The minimum Gasteiger partial charge on any atom is -0.375 e. The lowest BCUT2D eigenvalue weighted by Crippen LogP contribution is -2.31. The molecule has 0 aliphatic carbocycles. The lowest BCUT2D eigenvalue weighted by molar-refractivity contribution is 0.112. The summed E-state index contributed by atoms with van der Waals surface area (Å²) in [6, 6.07) is -0.215. The fourth-order valence-electron chi connectivity index (χ4n) is 1.99. The van der Waals surface area contributed by atoms with E-state index in [1.54, 1.807) is 30.5 Å². The van der Waals surface area contributed by atoms with Crippen LogP contribution in [0.3, 0.4) is 0 Å². The van der Waals surface area contributed by atoms with Crippen LogP contribution in [-0.4, -0.2) is 39.5 Å². The number of hydrogen-bond donors (Lipinski definition) is 1. The van der Waals surface area contributed by atoms with Crippen molar-refractivity contribution in [2.75, 3.05) is 19.0 Å². The number of ether oxygens (including phenoxy) is 1. The van der Waals surface area contributed by atoms with Gasteiger partial charge >= 0.3 is 6.03 Å². The highest BCUT2D eigenvalue weighted by Crippen LogP contribution is 2.27. The van der Waals surface area contributed by atoms with E-state index in [4.69, 9.17) is 4.74 Å². The first-order valence-electron chi connectivity index (χ1n) is 6.55. The quantitative estimate of drug-likeness (QED) is 0.933. The smallest absolute Gasteiger partial charge is 0.323 e. The normalized spacial score (nSPS) is 13.6. The van der Waals surface area contributed by atoms with Gasteiger partial charge in [-0.05, 0) is 0 Å². The van der Waals surface area contributed by atoms with Crippen molar-refractivity contribution >= 4 is 22.5 Å². The summed E-state index contributed by atoms with van der Waals surface area (Å²) in [7, 11) is 1.71. The predicted octanol–water partition coefficient (Wildman–Crippen LogP) is 1.67. The van der Waals surface area contributed by atoms with Crippen molar-refractivity contribution in [3.05, 3.63) is 34.9 Å². The maximum atomic E-state index is 12.1. The average Bonchev–Trinajstić information content (AvgIpc) is 2.90. The van der Waals surface area contributed by atoms with Gasteiger partial charge in [0, 0.05) is 25.9 Å². The third-order valence-electron chi connectivity index (χ3n) is 3.07. The maximum Gasteiger partial charge on any atom is 0.323 e. The summed E-state index contributed by atoms with van der Waals surface area (Å²) in [5.74, 6) is 0. The van der Waals surface area contributed by atoms with E-state index in [1.807, 2.05) is 0 Å². The van der Waals surface area contributed by atoms with E-state index in [0.717, 1.165) is 22.7 Å². The molecule has 110 valence electrons. The molecule has 2 aromatic rings. The van der Waals surface area contributed by atoms with Crippen molar-refractivity contribution in [1.82, 2.24) is 19.9 Å². The molecule has 3 rings (SSSR count). The second kappa shape index (κ2) is 6.15. The summed E-state index contributed by atoms with van der Waals surface area (Å²) in [6.07, 6.45) is 5.65. The van der Waals surface area contributed by atoms with Gasteiger partial charge in [0.1, 0.15) is 0 Å². The number of thiazole rings is 1. The van der Waals surface area contributed by atoms with Gasteiger partial charge in [0.25, 0.3) is 0 Å². The summed E-state index contributed by atoms with van der Waals surface area (Å²) in [4.78, 5) is 27.3. The molecule has 21 heavy (non-hydrogen) atoms. The molecule has 2 aromatic heterocycles. The predicted molar refractivity (Wildman–Crippen MR) is 78.0 cm³/mol. The van der Waals surface area contributed by atoms with E-state index in [-0.39, 0.29) is 6.03 Å². The monoisotopic (exact) mass is 305 g/mol. The highest BCUT2D eigenvalue weighted by Gasteiger charge is 2.18. The Labute approximate surface area is 126 Å². The van der Waals surface area contributed by atoms with Crippen LogP contribution in [0.2, 0.25) is 0 Å². The minimum absolute atomic E-state index is 0.215. The van der Waals surface area contributed by atoms with Gasteiger partial charge in [-0.15, -0.1) is 0 Å². The molecule has 0 unspecified atom stereocenters. The number of nitrogens with one attached hydrogen (secondary N) is 1. The van der Waals surface area contributed by atoms with Crippen LogP contribution in [0.1, 0.15) is 16.3 Å². The molecule has 0 aromatic carbocycles. The molecule has 1 aliphatic heterocycles. The summed E-state index contributed by atoms with van der Waals surface area (Å²) in [6.45, 7) is 1.67. The van der Waals surface area contributed by atoms with E-state index in [0.29, 0.717) is 24.9 Å². The van der Waals surface area contributed by atoms with Crippen LogP contribution >= 0.6 is 11.3 Å². The minimum atomic E-state index is -0.215. The molecule has 0 saturated heterocycles. The molecular formula is C13H15N5O2S. The second-order valence-electron chi connectivity index (χ2n) is 4.67. The summed E-state index contributed by atoms with van der Waals surface area (Å²) >= 11 is 1.46. The number of rotatable bonds is 3.